The molecule has 0 saturated heterocycles. The average molecular weight is 306 g/mol. The Kier molecular flexibility index (Phi) is 4.77. The molecule has 0 fully saturated rings. The van der Waals surface area contributed by atoms with E-state index in [1.807, 2.05) is 13.8 Å². The average Bonchev–Trinajstić information content (AvgIpc) is 2.23. The Labute approximate surface area is 107 Å². The Hall–Kier alpha value is -0.810. The second-order valence-corrected chi connectivity index (χ2v) is 5.17. The van der Waals surface area contributed by atoms with Gasteiger partial charge in [-0.05, 0) is 40.4 Å². The summed E-state index contributed by atoms with van der Waals surface area (Å²) in [6.07, 6.45) is 0.393. The molecule has 0 aliphatic rings. The normalized spacial score (nSPS) is 12.9. The van der Waals surface area contributed by atoms with E-state index in [-0.39, 0.29) is 10.4 Å². The van der Waals surface area contributed by atoms with Crippen LogP contribution in [0.5, 0.6) is 0 Å². The number of halogens is 3. The number of carbonyl (C=O) groups is 1. The van der Waals surface area contributed by atoms with Gasteiger partial charge in [-0.15, -0.1) is 0 Å². The van der Waals surface area contributed by atoms with Gasteiger partial charge in [-0.25, -0.2) is 8.78 Å². The van der Waals surface area contributed by atoms with Gasteiger partial charge in [0.1, 0.15) is 5.82 Å². The van der Waals surface area contributed by atoms with Crippen LogP contribution in [0.25, 0.3) is 0 Å². The first-order chi connectivity index (χ1) is 7.84. The number of rotatable bonds is 4. The first-order valence-corrected chi connectivity index (χ1v) is 6.07. The van der Waals surface area contributed by atoms with Crippen LogP contribution in [0.2, 0.25) is 0 Å². The van der Waals surface area contributed by atoms with E-state index in [0.717, 1.165) is 6.07 Å². The summed E-state index contributed by atoms with van der Waals surface area (Å²) in [5, 5.41) is 0. The molecule has 2 N–H and O–H groups in total. The fourth-order valence-corrected chi connectivity index (χ4v) is 1.88. The van der Waals surface area contributed by atoms with Gasteiger partial charge in [-0.3, -0.25) is 4.79 Å². The number of hydrogen-bond acceptors (Lipinski definition) is 2. The fraction of sp³-hybridized carbons (Fsp3) is 0.417. The quantitative estimate of drug-likeness (QED) is 0.685. The highest BCUT2D eigenvalue weighted by Crippen LogP contribution is 2.23. The highest BCUT2D eigenvalue weighted by molar-refractivity contribution is 9.10. The summed E-state index contributed by atoms with van der Waals surface area (Å²) in [6, 6.07) is 1.38. The van der Waals surface area contributed by atoms with Crippen molar-refractivity contribution < 1.29 is 13.6 Å². The van der Waals surface area contributed by atoms with Crippen LogP contribution in [0.3, 0.4) is 0 Å². The van der Waals surface area contributed by atoms with Crippen LogP contribution in [0.4, 0.5) is 8.78 Å². The molecule has 17 heavy (non-hydrogen) atoms. The van der Waals surface area contributed by atoms with Crippen LogP contribution in [0.15, 0.2) is 16.6 Å². The predicted molar refractivity (Wildman–Crippen MR) is 65.8 cm³/mol. The van der Waals surface area contributed by atoms with Gasteiger partial charge < -0.3 is 5.73 Å². The lowest BCUT2D eigenvalue weighted by atomic mass is 9.96. The van der Waals surface area contributed by atoms with Crippen molar-refractivity contribution in [2.75, 3.05) is 0 Å². The van der Waals surface area contributed by atoms with Crippen molar-refractivity contribution in [1.82, 2.24) is 0 Å². The summed E-state index contributed by atoms with van der Waals surface area (Å²) >= 11 is 2.91. The number of ketones is 1. The Morgan fingerprint density at radius 2 is 2.00 bits per heavy atom. The molecule has 0 radical (unpaired) electrons. The van der Waals surface area contributed by atoms with E-state index in [0.29, 0.717) is 6.42 Å². The molecular weight excluding hydrogens is 292 g/mol. The van der Waals surface area contributed by atoms with Crippen LogP contribution in [-0.2, 0) is 0 Å². The molecule has 0 amide bonds. The summed E-state index contributed by atoms with van der Waals surface area (Å²) in [6.45, 7) is 3.78. The molecule has 5 heteroatoms. The van der Waals surface area contributed by atoms with E-state index in [9.17, 15) is 13.6 Å². The lowest BCUT2D eigenvalue weighted by molar-refractivity contribution is 0.0942. The first-order valence-electron chi connectivity index (χ1n) is 5.27. The standard InChI is InChI=1S/C12H14BrF2NO/c1-6(2)5-9(16)12(17)10-8(14)4-3-7(13)11(10)15/h3-4,6,9H,5,16H2,1-2H3. The van der Waals surface area contributed by atoms with Gasteiger partial charge in [-0.2, -0.15) is 0 Å². The van der Waals surface area contributed by atoms with Crippen LogP contribution < -0.4 is 5.73 Å². The maximum atomic E-state index is 13.6. The summed E-state index contributed by atoms with van der Waals surface area (Å²) in [5.41, 5.74) is 5.08. The number of Topliss-reactive ketones (excluding diaryl/α,β-unsaturated/α-hetero) is 1. The summed E-state index contributed by atoms with van der Waals surface area (Å²) in [4.78, 5) is 11.8. The van der Waals surface area contributed by atoms with Crippen molar-refractivity contribution in [3.63, 3.8) is 0 Å². The third kappa shape index (κ3) is 3.33. The smallest absolute Gasteiger partial charge is 0.185 e. The topological polar surface area (TPSA) is 43.1 Å². The zero-order chi connectivity index (χ0) is 13.2. The zero-order valence-electron chi connectivity index (χ0n) is 9.64. The minimum absolute atomic E-state index is 0.0546. The first kappa shape index (κ1) is 14.3. The molecule has 0 aromatic heterocycles. The predicted octanol–water partition coefficient (Wildman–Crippen LogP) is 3.28. The molecule has 2 nitrogen and oxygen atoms in total. The molecule has 0 saturated carbocycles. The molecule has 0 spiro atoms. The molecule has 1 aromatic carbocycles. The van der Waals surface area contributed by atoms with Crippen LogP contribution >= 0.6 is 15.9 Å². The van der Waals surface area contributed by atoms with Crippen molar-refractivity contribution in [2.45, 2.75) is 26.3 Å². The van der Waals surface area contributed by atoms with Crippen LogP contribution in [-0.4, -0.2) is 11.8 Å². The third-order valence-corrected chi connectivity index (χ3v) is 2.96. The summed E-state index contributed by atoms with van der Waals surface area (Å²) in [7, 11) is 0. The molecule has 0 heterocycles. The van der Waals surface area contributed by atoms with E-state index >= 15 is 0 Å². The minimum atomic E-state index is -0.894. The Balaban J connectivity index is 3.08. The van der Waals surface area contributed by atoms with E-state index in [2.05, 4.69) is 15.9 Å². The van der Waals surface area contributed by atoms with Crippen molar-refractivity contribution in [2.24, 2.45) is 11.7 Å². The van der Waals surface area contributed by atoms with Crippen LogP contribution in [0, 0.1) is 17.6 Å². The Morgan fingerprint density at radius 3 is 2.53 bits per heavy atom. The Bertz CT molecular complexity index is 435. The maximum absolute atomic E-state index is 13.6. The summed E-state index contributed by atoms with van der Waals surface area (Å²) < 4.78 is 27.1. The van der Waals surface area contributed by atoms with Gasteiger partial charge in [0.25, 0.3) is 0 Å². The van der Waals surface area contributed by atoms with Gasteiger partial charge in [0.15, 0.2) is 11.6 Å². The molecule has 1 unspecified atom stereocenters. The Morgan fingerprint density at radius 1 is 1.41 bits per heavy atom. The van der Waals surface area contributed by atoms with Crippen molar-refractivity contribution in [3.05, 3.63) is 33.8 Å². The lowest BCUT2D eigenvalue weighted by Gasteiger charge is -2.14. The van der Waals surface area contributed by atoms with E-state index in [4.69, 9.17) is 5.73 Å². The second kappa shape index (κ2) is 5.69. The van der Waals surface area contributed by atoms with Gasteiger partial charge in [0.2, 0.25) is 0 Å². The van der Waals surface area contributed by atoms with Crippen molar-refractivity contribution in [1.29, 1.82) is 0 Å². The third-order valence-electron chi connectivity index (χ3n) is 2.35. The van der Waals surface area contributed by atoms with Gasteiger partial charge in [0, 0.05) is 0 Å². The molecule has 0 bridgehead atoms. The summed E-state index contributed by atoms with van der Waals surface area (Å²) in [5.74, 6) is -2.29. The number of carbonyl (C=O) groups excluding carboxylic acids is 1. The second-order valence-electron chi connectivity index (χ2n) is 4.32. The lowest BCUT2D eigenvalue weighted by Crippen LogP contribution is -2.33. The largest absolute Gasteiger partial charge is 0.321 e. The van der Waals surface area contributed by atoms with Gasteiger partial charge >= 0.3 is 0 Å². The molecule has 1 rings (SSSR count). The zero-order valence-corrected chi connectivity index (χ0v) is 11.2. The number of benzene rings is 1. The minimum Gasteiger partial charge on any atom is -0.321 e. The van der Waals surface area contributed by atoms with Gasteiger partial charge in [-0.1, -0.05) is 13.8 Å². The molecule has 0 aliphatic carbocycles. The molecule has 0 aliphatic heterocycles. The molecule has 1 aromatic rings. The van der Waals surface area contributed by atoms with Crippen molar-refractivity contribution >= 4 is 21.7 Å². The van der Waals surface area contributed by atoms with Gasteiger partial charge in [0.05, 0.1) is 16.1 Å². The van der Waals surface area contributed by atoms with Crippen LogP contribution in [0.1, 0.15) is 30.6 Å². The number of nitrogens with two attached hydrogens (primary N) is 1. The highest BCUT2D eigenvalue weighted by atomic mass is 79.9. The molecule has 1 atom stereocenters. The maximum Gasteiger partial charge on any atom is 0.185 e. The molecule has 94 valence electrons. The monoisotopic (exact) mass is 305 g/mol. The van der Waals surface area contributed by atoms with E-state index in [1.54, 1.807) is 0 Å². The number of hydrogen-bond donors (Lipinski definition) is 1. The SMILES string of the molecule is CC(C)CC(N)C(=O)c1c(F)ccc(Br)c1F. The van der Waals surface area contributed by atoms with E-state index < -0.39 is 29.0 Å². The molecular formula is C12H14BrF2NO. The fourth-order valence-electron chi connectivity index (χ4n) is 1.55. The van der Waals surface area contributed by atoms with E-state index in [1.165, 1.54) is 6.07 Å². The van der Waals surface area contributed by atoms with Crippen molar-refractivity contribution in [3.8, 4) is 0 Å². The highest BCUT2D eigenvalue weighted by Gasteiger charge is 2.25.